The molecule has 30 heavy (non-hydrogen) atoms. The van der Waals surface area contributed by atoms with Crippen LogP contribution in [-0.2, 0) is 0 Å². The van der Waals surface area contributed by atoms with Crippen LogP contribution in [0.15, 0.2) is 83.8 Å². The van der Waals surface area contributed by atoms with Crippen LogP contribution in [0.1, 0.15) is 34.6 Å². The molecule has 3 aromatic carbocycles. The van der Waals surface area contributed by atoms with Crippen molar-refractivity contribution in [1.29, 1.82) is 0 Å². The molecule has 0 spiro atoms. The van der Waals surface area contributed by atoms with Crippen LogP contribution in [0, 0.1) is 5.92 Å². The van der Waals surface area contributed by atoms with Crippen molar-refractivity contribution in [3.05, 3.63) is 90.0 Å². The lowest BCUT2D eigenvalue weighted by atomic mass is 10.2. The number of hydrogen-bond acceptors (Lipinski definition) is 4. The van der Waals surface area contributed by atoms with E-state index in [4.69, 9.17) is 4.74 Å². The molecule has 0 aromatic heterocycles. The highest BCUT2D eigenvalue weighted by atomic mass is 32.2. The molecule has 0 saturated heterocycles. The van der Waals surface area contributed by atoms with Gasteiger partial charge in [-0.15, -0.1) is 11.8 Å². The van der Waals surface area contributed by atoms with E-state index < -0.39 is 0 Å². The highest BCUT2D eigenvalue weighted by Crippen LogP contribution is 2.22. The SMILES string of the molecule is CC(C)COc1ccc(NC(=O)c2cccc(SCC(=O)c3ccccc3)c2)cc1. The second kappa shape index (κ2) is 10.6. The Kier molecular flexibility index (Phi) is 7.69. The lowest BCUT2D eigenvalue weighted by molar-refractivity contribution is 0.101. The summed E-state index contributed by atoms with van der Waals surface area (Å²) in [6.45, 7) is 4.85. The van der Waals surface area contributed by atoms with Gasteiger partial charge in [0.2, 0.25) is 0 Å². The molecule has 3 aromatic rings. The molecule has 5 heteroatoms. The van der Waals surface area contributed by atoms with Crippen LogP contribution in [0.4, 0.5) is 5.69 Å². The van der Waals surface area contributed by atoms with Crippen molar-refractivity contribution in [1.82, 2.24) is 0 Å². The van der Waals surface area contributed by atoms with Gasteiger partial charge in [-0.3, -0.25) is 9.59 Å². The van der Waals surface area contributed by atoms with Gasteiger partial charge in [-0.05, 0) is 48.4 Å². The highest BCUT2D eigenvalue weighted by molar-refractivity contribution is 8.00. The largest absolute Gasteiger partial charge is 0.493 e. The first-order chi connectivity index (χ1) is 14.5. The summed E-state index contributed by atoms with van der Waals surface area (Å²) in [7, 11) is 0. The Bertz CT molecular complexity index is 985. The smallest absolute Gasteiger partial charge is 0.255 e. The van der Waals surface area contributed by atoms with Crippen molar-refractivity contribution < 1.29 is 14.3 Å². The second-order valence-corrected chi connectivity index (χ2v) is 8.34. The predicted molar refractivity (Wildman–Crippen MR) is 123 cm³/mol. The number of ketones is 1. The molecule has 3 rings (SSSR count). The van der Waals surface area contributed by atoms with Crippen LogP contribution in [-0.4, -0.2) is 24.1 Å². The van der Waals surface area contributed by atoms with Crippen LogP contribution in [0.2, 0.25) is 0 Å². The van der Waals surface area contributed by atoms with Gasteiger partial charge in [-0.1, -0.05) is 50.2 Å². The summed E-state index contributed by atoms with van der Waals surface area (Å²) < 4.78 is 5.66. The number of nitrogens with one attached hydrogen (secondary N) is 1. The fraction of sp³-hybridized carbons (Fsp3) is 0.200. The van der Waals surface area contributed by atoms with Gasteiger partial charge in [0.1, 0.15) is 5.75 Å². The number of ether oxygens (including phenoxy) is 1. The molecule has 0 atom stereocenters. The van der Waals surface area contributed by atoms with Crippen LogP contribution < -0.4 is 10.1 Å². The minimum atomic E-state index is -0.192. The fourth-order valence-corrected chi connectivity index (χ4v) is 3.53. The quantitative estimate of drug-likeness (QED) is 0.344. The van der Waals surface area contributed by atoms with E-state index in [1.807, 2.05) is 66.7 Å². The summed E-state index contributed by atoms with van der Waals surface area (Å²) in [5.74, 6) is 1.44. The monoisotopic (exact) mass is 419 g/mol. The maximum atomic E-state index is 12.6. The molecule has 0 unspecified atom stereocenters. The van der Waals surface area contributed by atoms with Gasteiger partial charge in [0.05, 0.1) is 12.4 Å². The van der Waals surface area contributed by atoms with Crippen LogP contribution >= 0.6 is 11.8 Å². The van der Waals surface area contributed by atoms with E-state index in [0.717, 1.165) is 10.6 Å². The van der Waals surface area contributed by atoms with Gasteiger partial charge in [0, 0.05) is 21.7 Å². The minimum Gasteiger partial charge on any atom is -0.493 e. The molecule has 0 aliphatic heterocycles. The minimum absolute atomic E-state index is 0.0650. The molecule has 0 aliphatic rings. The average Bonchev–Trinajstić information content (AvgIpc) is 2.77. The fourth-order valence-electron chi connectivity index (χ4n) is 2.68. The third-order valence-corrected chi connectivity index (χ3v) is 5.25. The zero-order valence-electron chi connectivity index (χ0n) is 17.1. The topological polar surface area (TPSA) is 55.4 Å². The number of amides is 1. The first-order valence-corrected chi connectivity index (χ1v) is 10.8. The van der Waals surface area contributed by atoms with Gasteiger partial charge < -0.3 is 10.1 Å². The lowest BCUT2D eigenvalue weighted by Crippen LogP contribution is -2.12. The molecule has 0 saturated carbocycles. The van der Waals surface area contributed by atoms with Crippen LogP contribution in [0.3, 0.4) is 0 Å². The van der Waals surface area contributed by atoms with Crippen molar-refractivity contribution in [2.45, 2.75) is 18.7 Å². The van der Waals surface area contributed by atoms with Crippen LogP contribution in [0.5, 0.6) is 5.75 Å². The second-order valence-electron chi connectivity index (χ2n) is 7.29. The molecule has 0 bridgehead atoms. The molecular weight excluding hydrogens is 394 g/mol. The Morgan fingerprint density at radius 2 is 1.60 bits per heavy atom. The molecule has 1 N–H and O–H groups in total. The summed E-state index contributed by atoms with van der Waals surface area (Å²) in [5, 5.41) is 2.90. The summed E-state index contributed by atoms with van der Waals surface area (Å²) >= 11 is 1.42. The summed E-state index contributed by atoms with van der Waals surface area (Å²) in [6.07, 6.45) is 0. The molecule has 0 heterocycles. The number of benzene rings is 3. The van der Waals surface area contributed by atoms with Crippen molar-refractivity contribution in [3.8, 4) is 5.75 Å². The normalized spacial score (nSPS) is 10.6. The van der Waals surface area contributed by atoms with E-state index in [0.29, 0.717) is 35.1 Å². The Hall–Kier alpha value is -3.05. The summed E-state index contributed by atoms with van der Waals surface area (Å²) in [5.41, 5.74) is 1.95. The molecule has 154 valence electrons. The van der Waals surface area contributed by atoms with Crippen molar-refractivity contribution in [2.24, 2.45) is 5.92 Å². The summed E-state index contributed by atoms with van der Waals surface area (Å²) in [6, 6.07) is 23.9. The van der Waals surface area contributed by atoms with Crippen molar-refractivity contribution in [2.75, 3.05) is 17.7 Å². The van der Waals surface area contributed by atoms with Gasteiger partial charge in [-0.2, -0.15) is 0 Å². The van der Waals surface area contributed by atoms with Gasteiger partial charge in [0.15, 0.2) is 5.78 Å². The predicted octanol–water partition coefficient (Wildman–Crippen LogP) is 5.95. The maximum Gasteiger partial charge on any atom is 0.255 e. The number of Topliss-reactive ketones (excluding diaryl/α,β-unsaturated/α-hetero) is 1. The molecule has 0 aliphatic carbocycles. The molecular formula is C25H25NO3S. The van der Waals surface area contributed by atoms with E-state index in [9.17, 15) is 9.59 Å². The number of carbonyl (C=O) groups excluding carboxylic acids is 2. The molecule has 4 nitrogen and oxygen atoms in total. The van der Waals surface area contributed by atoms with Crippen molar-refractivity contribution >= 4 is 29.1 Å². The zero-order valence-corrected chi connectivity index (χ0v) is 17.9. The molecule has 0 radical (unpaired) electrons. The number of anilines is 1. The van der Waals surface area contributed by atoms with E-state index >= 15 is 0 Å². The van der Waals surface area contributed by atoms with E-state index in [2.05, 4.69) is 19.2 Å². The first-order valence-electron chi connectivity index (χ1n) is 9.86. The van der Waals surface area contributed by atoms with Crippen LogP contribution in [0.25, 0.3) is 0 Å². The molecule has 1 amide bonds. The Labute approximate surface area is 181 Å². The summed E-state index contributed by atoms with van der Waals surface area (Å²) in [4.78, 5) is 25.8. The zero-order chi connectivity index (χ0) is 21.3. The van der Waals surface area contributed by atoms with E-state index in [-0.39, 0.29) is 11.7 Å². The van der Waals surface area contributed by atoms with Crippen molar-refractivity contribution in [3.63, 3.8) is 0 Å². The van der Waals surface area contributed by atoms with Gasteiger partial charge in [0.25, 0.3) is 5.91 Å². The van der Waals surface area contributed by atoms with E-state index in [1.54, 1.807) is 12.1 Å². The average molecular weight is 420 g/mol. The number of carbonyl (C=O) groups is 2. The number of hydrogen-bond donors (Lipinski definition) is 1. The highest BCUT2D eigenvalue weighted by Gasteiger charge is 2.10. The lowest BCUT2D eigenvalue weighted by Gasteiger charge is -2.10. The standard InChI is InChI=1S/C25H25NO3S/c1-18(2)16-29-22-13-11-21(12-14-22)26-25(28)20-9-6-10-23(15-20)30-17-24(27)19-7-4-3-5-8-19/h3-15,18H,16-17H2,1-2H3,(H,26,28). The maximum absolute atomic E-state index is 12.6. The third-order valence-electron chi connectivity index (χ3n) is 4.26. The van der Waals surface area contributed by atoms with E-state index in [1.165, 1.54) is 11.8 Å². The Morgan fingerprint density at radius 3 is 2.30 bits per heavy atom. The number of thioether (sulfide) groups is 1. The van der Waals surface area contributed by atoms with Gasteiger partial charge >= 0.3 is 0 Å². The third kappa shape index (κ3) is 6.49. The number of rotatable bonds is 9. The molecule has 0 fully saturated rings. The Morgan fingerprint density at radius 1 is 0.900 bits per heavy atom. The Balaban J connectivity index is 1.57. The van der Waals surface area contributed by atoms with Gasteiger partial charge in [-0.25, -0.2) is 0 Å². The first kappa shape index (κ1) is 21.7.